The lowest BCUT2D eigenvalue weighted by atomic mass is 10.1. The third-order valence-electron chi connectivity index (χ3n) is 1.80. The van der Waals surface area contributed by atoms with E-state index in [4.69, 9.17) is 11.6 Å². The van der Waals surface area contributed by atoms with Gasteiger partial charge in [0.05, 0.1) is 0 Å². The highest BCUT2D eigenvalue weighted by atomic mass is 35.5. The molecule has 0 heterocycles. The van der Waals surface area contributed by atoms with Crippen molar-refractivity contribution in [3.63, 3.8) is 0 Å². The number of benzene rings is 1. The van der Waals surface area contributed by atoms with Crippen LogP contribution >= 0.6 is 11.6 Å². The van der Waals surface area contributed by atoms with Crippen LogP contribution in [0.4, 0.5) is 0 Å². The molecule has 0 aliphatic carbocycles. The third kappa shape index (κ3) is 3.29. The van der Waals surface area contributed by atoms with Crippen LogP contribution in [0.25, 0.3) is 0 Å². The van der Waals surface area contributed by atoms with Gasteiger partial charge in [-0.15, -0.1) is 11.6 Å². The van der Waals surface area contributed by atoms with Crippen LogP contribution in [0, 0.1) is 0 Å². The van der Waals surface area contributed by atoms with Crippen molar-refractivity contribution in [2.45, 2.75) is 13.0 Å². The van der Waals surface area contributed by atoms with Crippen LogP contribution in [0.2, 0.25) is 0 Å². The van der Waals surface area contributed by atoms with Gasteiger partial charge in [0.2, 0.25) is 10.0 Å². The molecule has 0 aliphatic rings. The van der Waals surface area contributed by atoms with Crippen molar-refractivity contribution in [3.05, 3.63) is 35.9 Å². The normalized spacial score (nSPS) is 13.9. The first-order chi connectivity index (χ1) is 6.55. The largest absolute Gasteiger partial charge is 0.226 e. The smallest absolute Gasteiger partial charge is 0.211 e. The summed E-state index contributed by atoms with van der Waals surface area (Å²) in [5.41, 5.74) is 0.918. The lowest BCUT2D eigenvalue weighted by molar-refractivity contribution is 0.571. The number of sulfonamides is 1. The average Bonchev–Trinajstić information content (AvgIpc) is 2.19. The van der Waals surface area contributed by atoms with Gasteiger partial charge in [0.1, 0.15) is 5.21 Å². The molecule has 3 nitrogen and oxygen atoms in total. The lowest BCUT2D eigenvalue weighted by Crippen LogP contribution is -2.27. The molecule has 1 unspecified atom stereocenters. The van der Waals surface area contributed by atoms with Crippen LogP contribution in [-0.2, 0) is 10.0 Å². The van der Waals surface area contributed by atoms with Gasteiger partial charge >= 0.3 is 0 Å². The molecule has 1 aromatic carbocycles. The third-order valence-corrected chi connectivity index (χ3v) is 3.66. The number of hydrogen-bond acceptors (Lipinski definition) is 2. The summed E-state index contributed by atoms with van der Waals surface area (Å²) in [5.74, 6) is 0. The molecule has 0 saturated heterocycles. The minimum atomic E-state index is -3.35. The molecule has 0 bridgehead atoms. The van der Waals surface area contributed by atoms with Gasteiger partial charge in [-0.05, 0) is 12.5 Å². The molecule has 5 heteroatoms. The summed E-state index contributed by atoms with van der Waals surface area (Å²) in [4.78, 5) is 0. The number of alkyl halides is 1. The van der Waals surface area contributed by atoms with Crippen molar-refractivity contribution >= 4 is 21.6 Å². The zero-order valence-corrected chi connectivity index (χ0v) is 9.35. The molecular formula is C9H12ClNO2S. The summed E-state index contributed by atoms with van der Waals surface area (Å²) in [7, 11) is -3.35. The van der Waals surface area contributed by atoms with Crippen molar-refractivity contribution in [2.75, 3.05) is 5.21 Å². The van der Waals surface area contributed by atoms with Gasteiger partial charge in [0.15, 0.2) is 0 Å². The SMILES string of the molecule is CC(NS(=O)(=O)CCl)c1ccccc1. The minimum Gasteiger partial charge on any atom is -0.211 e. The van der Waals surface area contributed by atoms with E-state index in [0.29, 0.717) is 0 Å². The van der Waals surface area contributed by atoms with Crippen molar-refractivity contribution in [1.29, 1.82) is 0 Å². The number of rotatable bonds is 4. The van der Waals surface area contributed by atoms with Gasteiger partial charge in [0.25, 0.3) is 0 Å². The Kier molecular flexibility index (Phi) is 3.92. The Bertz CT molecular complexity index is 377. The molecule has 14 heavy (non-hydrogen) atoms. The fraction of sp³-hybridized carbons (Fsp3) is 0.333. The molecule has 1 atom stereocenters. The first-order valence-electron chi connectivity index (χ1n) is 4.16. The Morgan fingerprint density at radius 1 is 1.36 bits per heavy atom. The molecule has 78 valence electrons. The van der Waals surface area contributed by atoms with E-state index in [0.717, 1.165) is 5.56 Å². The van der Waals surface area contributed by atoms with Gasteiger partial charge < -0.3 is 0 Å². The molecule has 0 radical (unpaired) electrons. The number of hydrogen-bond donors (Lipinski definition) is 1. The second kappa shape index (κ2) is 4.77. The van der Waals surface area contributed by atoms with Crippen molar-refractivity contribution < 1.29 is 8.42 Å². The van der Waals surface area contributed by atoms with E-state index in [9.17, 15) is 8.42 Å². The van der Waals surface area contributed by atoms with E-state index in [1.807, 2.05) is 30.3 Å². The summed E-state index contributed by atoms with van der Waals surface area (Å²) in [6.45, 7) is 1.78. The zero-order valence-electron chi connectivity index (χ0n) is 7.77. The summed E-state index contributed by atoms with van der Waals surface area (Å²) < 4.78 is 24.7. The monoisotopic (exact) mass is 233 g/mol. The lowest BCUT2D eigenvalue weighted by Gasteiger charge is -2.12. The molecule has 1 aromatic rings. The van der Waals surface area contributed by atoms with Crippen LogP contribution < -0.4 is 4.72 Å². The van der Waals surface area contributed by atoms with Crippen molar-refractivity contribution in [1.82, 2.24) is 4.72 Å². The molecule has 0 aromatic heterocycles. The summed E-state index contributed by atoms with van der Waals surface area (Å²) in [5, 5.41) is -0.413. The van der Waals surface area contributed by atoms with Crippen LogP contribution in [0.1, 0.15) is 18.5 Å². The Morgan fingerprint density at radius 3 is 2.43 bits per heavy atom. The molecular weight excluding hydrogens is 222 g/mol. The van der Waals surface area contributed by atoms with Crippen LogP contribution in [0.3, 0.4) is 0 Å². The second-order valence-corrected chi connectivity index (χ2v) is 5.31. The van der Waals surface area contributed by atoms with E-state index in [1.54, 1.807) is 6.92 Å². The highest BCUT2D eigenvalue weighted by molar-refractivity contribution is 7.90. The van der Waals surface area contributed by atoms with Gasteiger partial charge in [0, 0.05) is 6.04 Å². The maximum atomic E-state index is 11.1. The zero-order chi connectivity index (χ0) is 10.6. The molecule has 0 amide bonds. The van der Waals surface area contributed by atoms with Crippen LogP contribution in [-0.4, -0.2) is 13.6 Å². The summed E-state index contributed by atoms with van der Waals surface area (Å²) in [6, 6.07) is 9.08. The van der Waals surface area contributed by atoms with E-state index in [1.165, 1.54) is 0 Å². The van der Waals surface area contributed by atoms with E-state index in [2.05, 4.69) is 4.72 Å². The molecule has 1 N–H and O–H groups in total. The molecule has 0 spiro atoms. The summed E-state index contributed by atoms with van der Waals surface area (Å²) >= 11 is 5.27. The van der Waals surface area contributed by atoms with Gasteiger partial charge in [-0.3, -0.25) is 0 Å². The maximum Gasteiger partial charge on any atom is 0.226 e. The van der Waals surface area contributed by atoms with E-state index >= 15 is 0 Å². The quantitative estimate of drug-likeness (QED) is 0.807. The highest BCUT2D eigenvalue weighted by Gasteiger charge is 2.13. The first-order valence-corrected chi connectivity index (χ1v) is 6.35. The topological polar surface area (TPSA) is 46.2 Å². The summed E-state index contributed by atoms with van der Waals surface area (Å²) in [6.07, 6.45) is 0. The fourth-order valence-electron chi connectivity index (χ4n) is 1.11. The first kappa shape index (κ1) is 11.5. The Balaban J connectivity index is 2.74. The van der Waals surface area contributed by atoms with Gasteiger partial charge in [-0.2, -0.15) is 0 Å². The Morgan fingerprint density at radius 2 is 1.93 bits per heavy atom. The standard InChI is InChI=1S/C9H12ClNO2S/c1-8(11-14(12,13)7-10)9-5-3-2-4-6-9/h2-6,8,11H,7H2,1H3. The average molecular weight is 234 g/mol. The van der Waals surface area contributed by atoms with Gasteiger partial charge in [-0.25, -0.2) is 13.1 Å². The van der Waals surface area contributed by atoms with E-state index < -0.39 is 15.2 Å². The number of nitrogens with one attached hydrogen (secondary N) is 1. The van der Waals surface area contributed by atoms with Gasteiger partial charge in [-0.1, -0.05) is 30.3 Å². The predicted octanol–water partition coefficient (Wildman–Crippen LogP) is 1.86. The molecule has 0 aliphatic heterocycles. The fourth-order valence-corrected chi connectivity index (χ4v) is 2.04. The van der Waals surface area contributed by atoms with Crippen molar-refractivity contribution in [2.24, 2.45) is 0 Å². The highest BCUT2D eigenvalue weighted by Crippen LogP contribution is 2.12. The molecule has 1 rings (SSSR count). The molecule has 0 fully saturated rings. The maximum absolute atomic E-state index is 11.1. The van der Waals surface area contributed by atoms with E-state index in [-0.39, 0.29) is 6.04 Å². The Hall–Kier alpha value is -0.580. The second-order valence-electron chi connectivity index (χ2n) is 2.97. The molecule has 0 saturated carbocycles. The minimum absolute atomic E-state index is 0.250. The number of halogens is 1. The van der Waals surface area contributed by atoms with Crippen LogP contribution in [0.15, 0.2) is 30.3 Å². The van der Waals surface area contributed by atoms with Crippen LogP contribution in [0.5, 0.6) is 0 Å². The predicted molar refractivity (Wildman–Crippen MR) is 57.6 cm³/mol. The Labute approximate surface area is 89.1 Å². The van der Waals surface area contributed by atoms with Crippen molar-refractivity contribution in [3.8, 4) is 0 Å².